The molecule has 0 aliphatic heterocycles. The summed E-state index contributed by atoms with van der Waals surface area (Å²) >= 11 is 0. The number of carbonyl (C=O) groups excluding carboxylic acids is 2. The van der Waals surface area contributed by atoms with Crippen LogP contribution in [0.4, 0.5) is 0 Å². The van der Waals surface area contributed by atoms with E-state index in [4.69, 9.17) is 5.11 Å². The standard InChI is InChI=1S/C11H16O5/c1-10(2)6(8(13)14)4-5-11(10,3)7(12)9(15)16/h6H,4-5H2,1-3H3,(H,13,14)(H,15,16)/p-1. The molecule has 1 aliphatic rings. The normalized spacial score (nSPS) is 32.3. The Bertz CT molecular complexity index is 357. The minimum Gasteiger partial charge on any atom is -0.542 e. The zero-order valence-electron chi connectivity index (χ0n) is 9.57. The number of ketones is 1. The first kappa shape index (κ1) is 12.7. The number of rotatable bonds is 3. The molecule has 0 saturated heterocycles. The number of carbonyl (C=O) groups is 3. The molecule has 0 heterocycles. The van der Waals surface area contributed by atoms with Gasteiger partial charge in [-0.2, -0.15) is 0 Å². The average molecular weight is 227 g/mol. The molecular weight excluding hydrogens is 212 g/mol. The highest BCUT2D eigenvalue weighted by molar-refractivity contribution is 6.34. The molecule has 1 N–H and O–H groups in total. The first-order valence-electron chi connectivity index (χ1n) is 5.13. The highest BCUT2D eigenvalue weighted by atomic mass is 16.4. The lowest BCUT2D eigenvalue weighted by atomic mass is 9.63. The molecule has 2 atom stereocenters. The van der Waals surface area contributed by atoms with E-state index in [2.05, 4.69) is 0 Å². The molecular formula is C11H15O5-. The second-order valence-electron chi connectivity index (χ2n) is 5.10. The smallest absolute Gasteiger partial charge is 0.307 e. The highest BCUT2D eigenvalue weighted by Crippen LogP contribution is 2.56. The van der Waals surface area contributed by atoms with Crippen LogP contribution in [-0.2, 0) is 14.4 Å². The van der Waals surface area contributed by atoms with Gasteiger partial charge in [-0.1, -0.05) is 20.8 Å². The van der Waals surface area contributed by atoms with Crippen LogP contribution in [0.25, 0.3) is 0 Å². The monoisotopic (exact) mass is 227 g/mol. The van der Waals surface area contributed by atoms with Gasteiger partial charge in [0.2, 0.25) is 0 Å². The van der Waals surface area contributed by atoms with E-state index in [-0.39, 0.29) is 6.42 Å². The van der Waals surface area contributed by atoms with Crippen molar-refractivity contribution in [2.75, 3.05) is 0 Å². The van der Waals surface area contributed by atoms with Gasteiger partial charge < -0.3 is 15.0 Å². The van der Waals surface area contributed by atoms with Gasteiger partial charge >= 0.3 is 5.97 Å². The maximum absolute atomic E-state index is 11.6. The molecule has 5 nitrogen and oxygen atoms in total. The molecule has 2 unspecified atom stereocenters. The SMILES string of the molecule is CC1(C(=O)C(=O)[O-])CCC(C(=O)O)C1(C)C. The summed E-state index contributed by atoms with van der Waals surface area (Å²) in [5.41, 5.74) is -2.04. The lowest BCUT2D eigenvalue weighted by molar-refractivity contribution is -0.301. The number of Topliss-reactive ketones (excluding diaryl/α,β-unsaturated/α-hetero) is 1. The summed E-state index contributed by atoms with van der Waals surface area (Å²) in [5, 5.41) is 19.7. The zero-order valence-corrected chi connectivity index (χ0v) is 9.57. The van der Waals surface area contributed by atoms with Crippen molar-refractivity contribution in [2.45, 2.75) is 33.6 Å². The number of hydrogen-bond acceptors (Lipinski definition) is 4. The van der Waals surface area contributed by atoms with Crippen LogP contribution in [-0.4, -0.2) is 22.8 Å². The van der Waals surface area contributed by atoms with E-state index in [0.717, 1.165) is 0 Å². The predicted octanol–water partition coefficient (Wildman–Crippen LogP) is -0.168. The van der Waals surface area contributed by atoms with Gasteiger partial charge in [0, 0.05) is 5.41 Å². The molecule has 0 aromatic rings. The van der Waals surface area contributed by atoms with Crippen LogP contribution in [0.1, 0.15) is 33.6 Å². The van der Waals surface area contributed by atoms with Gasteiger partial charge in [-0.25, -0.2) is 0 Å². The zero-order chi connectivity index (χ0) is 12.7. The van der Waals surface area contributed by atoms with E-state index < -0.39 is 34.5 Å². The molecule has 0 bridgehead atoms. The van der Waals surface area contributed by atoms with Crippen molar-refractivity contribution in [3.8, 4) is 0 Å². The van der Waals surface area contributed by atoms with Crippen LogP contribution in [0.5, 0.6) is 0 Å². The van der Waals surface area contributed by atoms with Crippen molar-refractivity contribution in [2.24, 2.45) is 16.7 Å². The van der Waals surface area contributed by atoms with E-state index in [1.807, 2.05) is 0 Å². The molecule has 1 saturated carbocycles. The Labute approximate surface area is 93.5 Å². The maximum atomic E-state index is 11.6. The Morgan fingerprint density at radius 3 is 2.06 bits per heavy atom. The number of carboxylic acids is 2. The van der Waals surface area contributed by atoms with Crippen LogP contribution in [0, 0.1) is 16.7 Å². The van der Waals surface area contributed by atoms with Crippen molar-refractivity contribution in [1.82, 2.24) is 0 Å². The molecule has 0 amide bonds. The fourth-order valence-corrected chi connectivity index (χ4v) is 2.56. The molecule has 0 aromatic carbocycles. The van der Waals surface area contributed by atoms with Crippen LogP contribution in [0.15, 0.2) is 0 Å². The second kappa shape index (κ2) is 3.57. The molecule has 0 spiro atoms. The third-order valence-electron chi connectivity index (χ3n) is 4.21. The molecule has 0 radical (unpaired) electrons. The van der Waals surface area contributed by atoms with Crippen molar-refractivity contribution in [3.05, 3.63) is 0 Å². The van der Waals surface area contributed by atoms with Crippen molar-refractivity contribution < 1.29 is 24.6 Å². The largest absolute Gasteiger partial charge is 0.542 e. The van der Waals surface area contributed by atoms with E-state index >= 15 is 0 Å². The lowest BCUT2D eigenvalue weighted by Crippen LogP contribution is -2.49. The summed E-state index contributed by atoms with van der Waals surface area (Å²) in [6.07, 6.45) is 0.585. The number of hydrogen-bond donors (Lipinski definition) is 1. The molecule has 90 valence electrons. The van der Waals surface area contributed by atoms with E-state index in [1.54, 1.807) is 13.8 Å². The number of carboxylic acid groups (broad SMARTS) is 2. The molecule has 5 heteroatoms. The van der Waals surface area contributed by atoms with Crippen molar-refractivity contribution >= 4 is 17.7 Å². The van der Waals surface area contributed by atoms with Gasteiger partial charge in [0.05, 0.1) is 5.92 Å². The highest BCUT2D eigenvalue weighted by Gasteiger charge is 2.58. The predicted molar refractivity (Wildman–Crippen MR) is 52.3 cm³/mol. The van der Waals surface area contributed by atoms with Crippen LogP contribution in [0.3, 0.4) is 0 Å². The van der Waals surface area contributed by atoms with Gasteiger partial charge in [0.15, 0.2) is 5.78 Å². The topological polar surface area (TPSA) is 94.5 Å². The van der Waals surface area contributed by atoms with E-state index in [9.17, 15) is 19.5 Å². The summed E-state index contributed by atoms with van der Waals surface area (Å²) in [4.78, 5) is 33.3. The summed E-state index contributed by atoms with van der Waals surface area (Å²) in [5.74, 6) is -4.41. The molecule has 1 aliphatic carbocycles. The van der Waals surface area contributed by atoms with Crippen molar-refractivity contribution in [3.63, 3.8) is 0 Å². The van der Waals surface area contributed by atoms with Gasteiger partial charge in [0.25, 0.3) is 0 Å². The molecule has 1 fully saturated rings. The van der Waals surface area contributed by atoms with Gasteiger partial charge in [-0.3, -0.25) is 9.59 Å². The summed E-state index contributed by atoms with van der Waals surface area (Å²) in [6, 6.07) is 0. The Hall–Kier alpha value is -1.39. The van der Waals surface area contributed by atoms with Gasteiger partial charge in [-0.05, 0) is 18.3 Å². The lowest BCUT2D eigenvalue weighted by Gasteiger charge is -2.39. The quantitative estimate of drug-likeness (QED) is 0.675. The van der Waals surface area contributed by atoms with Crippen LogP contribution in [0.2, 0.25) is 0 Å². The van der Waals surface area contributed by atoms with Crippen LogP contribution < -0.4 is 5.11 Å². The molecule has 1 rings (SSSR count). The Morgan fingerprint density at radius 2 is 1.75 bits per heavy atom. The second-order valence-corrected chi connectivity index (χ2v) is 5.10. The Balaban J connectivity index is 3.14. The Kier molecular flexibility index (Phi) is 2.83. The van der Waals surface area contributed by atoms with Gasteiger partial charge in [0.1, 0.15) is 5.97 Å². The first-order valence-corrected chi connectivity index (χ1v) is 5.13. The third kappa shape index (κ3) is 1.50. The minimum absolute atomic E-state index is 0.268. The van der Waals surface area contributed by atoms with E-state index in [1.165, 1.54) is 6.92 Å². The Morgan fingerprint density at radius 1 is 1.25 bits per heavy atom. The third-order valence-corrected chi connectivity index (χ3v) is 4.21. The number of aliphatic carboxylic acids is 2. The maximum Gasteiger partial charge on any atom is 0.307 e. The van der Waals surface area contributed by atoms with Crippen LogP contribution >= 0.6 is 0 Å². The van der Waals surface area contributed by atoms with Crippen molar-refractivity contribution in [1.29, 1.82) is 0 Å². The molecule has 16 heavy (non-hydrogen) atoms. The van der Waals surface area contributed by atoms with Gasteiger partial charge in [-0.15, -0.1) is 0 Å². The summed E-state index contributed by atoms with van der Waals surface area (Å²) < 4.78 is 0. The summed E-state index contributed by atoms with van der Waals surface area (Å²) in [6.45, 7) is 4.76. The fourth-order valence-electron chi connectivity index (χ4n) is 2.56. The fraction of sp³-hybridized carbons (Fsp3) is 0.727. The average Bonchev–Trinajstić information content (AvgIpc) is 2.37. The van der Waals surface area contributed by atoms with E-state index in [0.29, 0.717) is 6.42 Å². The minimum atomic E-state index is -1.73. The molecule has 0 aromatic heterocycles. The summed E-state index contributed by atoms with van der Waals surface area (Å²) in [7, 11) is 0. The first-order chi connectivity index (χ1) is 7.14.